The van der Waals surface area contributed by atoms with Crippen molar-refractivity contribution in [3.8, 4) is 0 Å². The average Bonchev–Trinajstić information content (AvgIpc) is 2.46. The molecule has 5 heteroatoms. The van der Waals surface area contributed by atoms with Gasteiger partial charge in [-0.1, -0.05) is 5.57 Å². The van der Waals surface area contributed by atoms with E-state index >= 15 is 0 Å². The van der Waals surface area contributed by atoms with Crippen molar-refractivity contribution in [2.24, 2.45) is 0 Å². The normalized spacial score (nSPS) is 22.0. The van der Waals surface area contributed by atoms with E-state index < -0.39 is 0 Å². The van der Waals surface area contributed by atoms with Gasteiger partial charge in [0, 0.05) is 13.2 Å². The van der Waals surface area contributed by atoms with E-state index in [0.29, 0.717) is 25.9 Å². The maximum absolute atomic E-state index is 11.7. The summed E-state index contributed by atoms with van der Waals surface area (Å²) in [5.41, 5.74) is 1.11. The first kappa shape index (κ1) is 18.1. The highest BCUT2D eigenvalue weighted by molar-refractivity contribution is 5.77. The van der Waals surface area contributed by atoms with Gasteiger partial charge in [-0.2, -0.15) is 0 Å². The zero-order valence-electron chi connectivity index (χ0n) is 13.4. The van der Waals surface area contributed by atoms with Gasteiger partial charge in [0.2, 0.25) is 5.91 Å². The number of hydrogen-bond acceptors (Lipinski definition) is 4. The molecular formula is C16H29NO4. The first-order valence-electron chi connectivity index (χ1n) is 7.74. The smallest absolute Gasteiger partial charge is 0.246 e. The number of rotatable bonds is 10. The Kier molecular flexibility index (Phi) is 9.30. The van der Waals surface area contributed by atoms with E-state index in [9.17, 15) is 4.79 Å². The van der Waals surface area contributed by atoms with Gasteiger partial charge in [0.25, 0.3) is 0 Å². The van der Waals surface area contributed by atoms with Crippen LogP contribution in [0.15, 0.2) is 12.2 Å². The highest BCUT2D eigenvalue weighted by Gasteiger charge is 2.21. The number of carbonyl (C=O) groups is 1. The summed E-state index contributed by atoms with van der Waals surface area (Å²) in [6.45, 7) is 7.51. The van der Waals surface area contributed by atoms with Crippen LogP contribution in [-0.4, -0.2) is 51.6 Å². The van der Waals surface area contributed by atoms with Gasteiger partial charge in [0.15, 0.2) is 0 Å². The highest BCUT2D eigenvalue weighted by Crippen LogP contribution is 2.20. The van der Waals surface area contributed by atoms with E-state index in [2.05, 4.69) is 11.9 Å². The van der Waals surface area contributed by atoms with Crippen molar-refractivity contribution in [3.05, 3.63) is 12.2 Å². The summed E-state index contributed by atoms with van der Waals surface area (Å²) < 4.78 is 16.0. The Bertz CT molecular complexity index is 311. The number of carbonyl (C=O) groups excluding carboxylic acids is 1. The Morgan fingerprint density at radius 2 is 1.81 bits per heavy atom. The molecule has 0 aliphatic heterocycles. The fourth-order valence-corrected chi connectivity index (χ4v) is 2.34. The molecule has 0 aromatic heterocycles. The van der Waals surface area contributed by atoms with Gasteiger partial charge in [0.1, 0.15) is 6.61 Å². The molecule has 1 N–H and O–H groups in total. The Labute approximate surface area is 128 Å². The van der Waals surface area contributed by atoms with Crippen LogP contribution >= 0.6 is 0 Å². The maximum Gasteiger partial charge on any atom is 0.246 e. The van der Waals surface area contributed by atoms with Gasteiger partial charge in [-0.15, -0.1) is 6.58 Å². The molecule has 0 unspecified atom stereocenters. The van der Waals surface area contributed by atoms with Gasteiger partial charge in [0.05, 0.1) is 25.9 Å². The summed E-state index contributed by atoms with van der Waals surface area (Å²) in [6, 6.07) is 0.263. The van der Waals surface area contributed by atoms with E-state index in [1.807, 2.05) is 6.92 Å². The van der Waals surface area contributed by atoms with E-state index in [0.717, 1.165) is 37.7 Å². The molecular weight excluding hydrogens is 270 g/mol. The van der Waals surface area contributed by atoms with Crippen LogP contribution in [0, 0.1) is 0 Å². The zero-order valence-corrected chi connectivity index (χ0v) is 13.4. The van der Waals surface area contributed by atoms with Crippen LogP contribution in [-0.2, 0) is 19.0 Å². The fraction of sp³-hybridized carbons (Fsp3) is 0.812. The van der Waals surface area contributed by atoms with Crippen LogP contribution < -0.4 is 5.32 Å². The van der Waals surface area contributed by atoms with E-state index in [1.54, 1.807) is 7.11 Å². The quantitative estimate of drug-likeness (QED) is 0.495. The van der Waals surface area contributed by atoms with Gasteiger partial charge in [-0.05, 0) is 39.0 Å². The molecule has 1 rings (SSSR count). The molecule has 1 fully saturated rings. The van der Waals surface area contributed by atoms with Crippen LogP contribution in [0.3, 0.4) is 0 Å². The largest absolute Gasteiger partial charge is 0.381 e. The predicted molar refractivity (Wildman–Crippen MR) is 82.3 cm³/mol. The number of hydrogen-bond donors (Lipinski definition) is 1. The average molecular weight is 299 g/mol. The predicted octanol–water partition coefficient (Wildman–Crippen LogP) is 2.06. The first-order chi connectivity index (χ1) is 10.1. The van der Waals surface area contributed by atoms with Crippen molar-refractivity contribution in [1.29, 1.82) is 0 Å². The number of methoxy groups -OCH3 is 1. The van der Waals surface area contributed by atoms with Gasteiger partial charge in [-0.25, -0.2) is 0 Å². The van der Waals surface area contributed by atoms with Crippen molar-refractivity contribution >= 4 is 5.91 Å². The molecule has 0 radical (unpaired) electrons. The SMILES string of the molecule is C=C(C)CCOCCOCC(=O)NC1CCC(OC)CC1. The van der Waals surface area contributed by atoms with Crippen LogP contribution in [0.1, 0.15) is 39.0 Å². The number of ether oxygens (including phenoxy) is 3. The van der Waals surface area contributed by atoms with Crippen molar-refractivity contribution < 1.29 is 19.0 Å². The van der Waals surface area contributed by atoms with Crippen LogP contribution in [0.5, 0.6) is 0 Å². The highest BCUT2D eigenvalue weighted by atomic mass is 16.5. The Hall–Kier alpha value is -0.910. The molecule has 21 heavy (non-hydrogen) atoms. The molecule has 0 heterocycles. The summed E-state index contributed by atoms with van der Waals surface area (Å²) >= 11 is 0. The lowest BCUT2D eigenvalue weighted by atomic mass is 9.93. The van der Waals surface area contributed by atoms with Crippen molar-refractivity contribution in [1.82, 2.24) is 5.32 Å². The number of amides is 1. The third kappa shape index (κ3) is 8.86. The molecule has 1 aliphatic rings. The summed E-state index contributed by atoms with van der Waals surface area (Å²) in [5, 5.41) is 3.01. The second-order valence-electron chi connectivity index (χ2n) is 5.65. The molecule has 0 bridgehead atoms. The molecule has 0 spiro atoms. The molecule has 122 valence electrons. The second-order valence-corrected chi connectivity index (χ2v) is 5.65. The standard InChI is InChI=1S/C16H29NO4/c1-13(2)8-9-20-10-11-21-12-16(18)17-14-4-6-15(19-3)7-5-14/h14-15H,1,4-12H2,2-3H3,(H,17,18). The lowest BCUT2D eigenvalue weighted by molar-refractivity contribution is -0.127. The molecule has 1 aliphatic carbocycles. The fourth-order valence-electron chi connectivity index (χ4n) is 2.34. The Balaban J connectivity index is 1.95. The lowest BCUT2D eigenvalue weighted by Crippen LogP contribution is -2.40. The van der Waals surface area contributed by atoms with Crippen molar-refractivity contribution in [3.63, 3.8) is 0 Å². The Morgan fingerprint density at radius 3 is 2.43 bits per heavy atom. The van der Waals surface area contributed by atoms with Gasteiger partial charge < -0.3 is 19.5 Å². The minimum atomic E-state index is -0.0437. The topological polar surface area (TPSA) is 56.8 Å². The van der Waals surface area contributed by atoms with E-state index in [1.165, 1.54) is 0 Å². The first-order valence-corrected chi connectivity index (χ1v) is 7.74. The molecule has 0 atom stereocenters. The van der Waals surface area contributed by atoms with Crippen LogP contribution in [0.25, 0.3) is 0 Å². The monoisotopic (exact) mass is 299 g/mol. The molecule has 1 saturated carbocycles. The minimum Gasteiger partial charge on any atom is -0.381 e. The van der Waals surface area contributed by atoms with E-state index in [-0.39, 0.29) is 18.6 Å². The van der Waals surface area contributed by atoms with Gasteiger partial charge >= 0.3 is 0 Å². The molecule has 0 saturated heterocycles. The zero-order chi connectivity index (χ0) is 15.5. The van der Waals surface area contributed by atoms with Crippen molar-refractivity contribution in [2.45, 2.75) is 51.2 Å². The summed E-state index contributed by atoms with van der Waals surface area (Å²) in [5.74, 6) is -0.0437. The summed E-state index contributed by atoms with van der Waals surface area (Å²) in [6.07, 6.45) is 5.20. The molecule has 0 aromatic rings. The van der Waals surface area contributed by atoms with E-state index in [4.69, 9.17) is 14.2 Å². The molecule has 1 amide bonds. The van der Waals surface area contributed by atoms with Crippen LogP contribution in [0.2, 0.25) is 0 Å². The third-order valence-electron chi connectivity index (χ3n) is 3.65. The number of nitrogens with one attached hydrogen (secondary N) is 1. The lowest BCUT2D eigenvalue weighted by Gasteiger charge is -2.28. The molecule has 0 aromatic carbocycles. The summed E-state index contributed by atoms with van der Waals surface area (Å²) in [7, 11) is 1.75. The second kappa shape index (κ2) is 10.8. The van der Waals surface area contributed by atoms with Crippen LogP contribution in [0.4, 0.5) is 0 Å². The Morgan fingerprint density at radius 1 is 1.14 bits per heavy atom. The molecule has 5 nitrogen and oxygen atoms in total. The maximum atomic E-state index is 11.7. The summed E-state index contributed by atoms with van der Waals surface area (Å²) in [4.78, 5) is 11.7. The van der Waals surface area contributed by atoms with Crippen molar-refractivity contribution in [2.75, 3.05) is 33.5 Å². The third-order valence-corrected chi connectivity index (χ3v) is 3.65. The van der Waals surface area contributed by atoms with Gasteiger partial charge in [-0.3, -0.25) is 4.79 Å². The minimum absolute atomic E-state index is 0.0437.